The first kappa shape index (κ1) is 13.9. The van der Waals surface area contributed by atoms with Crippen molar-refractivity contribution in [1.82, 2.24) is 0 Å². The number of benzene rings is 1. The van der Waals surface area contributed by atoms with Gasteiger partial charge < -0.3 is 15.8 Å². The van der Waals surface area contributed by atoms with E-state index >= 15 is 0 Å². The molecule has 2 amide bonds. The lowest BCUT2D eigenvalue weighted by atomic mass is 10.1. The number of amides is 2. The minimum absolute atomic E-state index is 0.317. The zero-order valence-electron chi connectivity index (χ0n) is 10.8. The van der Waals surface area contributed by atoms with Crippen molar-refractivity contribution in [1.29, 1.82) is 0 Å². The quantitative estimate of drug-likeness (QED) is 0.911. The van der Waals surface area contributed by atoms with Crippen molar-refractivity contribution in [2.75, 3.05) is 11.9 Å². The Morgan fingerprint density at radius 2 is 2.14 bits per heavy atom. The number of carbonyl (C=O) groups excluding carboxylic acids is 2. The summed E-state index contributed by atoms with van der Waals surface area (Å²) in [5, 5.41) is 4.85. The summed E-state index contributed by atoms with van der Waals surface area (Å²) in [6, 6.07) is 4.94. The molecular weight excluding hydrogens is 312 g/mol. The Hall–Kier alpha value is -2.05. The van der Waals surface area contributed by atoms with Crippen LogP contribution in [0.2, 0.25) is 5.02 Å². The van der Waals surface area contributed by atoms with E-state index in [0.717, 1.165) is 23.3 Å². The molecule has 2 heterocycles. The van der Waals surface area contributed by atoms with E-state index in [4.69, 9.17) is 22.1 Å². The molecule has 0 fully saturated rings. The third kappa shape index (κ3) is 2.72. The molecule has 0 spiro atoms. The standard InChI is InChI=1S/C14H11ClN2O3S/c15-9-3-7-1-2-20-12(7)10(5-9)17-14(19)11-4-8(6-21-11)13(16)18/h3-6H,1-2H2,(H2,16,18)(H,17,19). The van der Waals surface area contributed by atoms with Crippen LogP contribution >= 0.6 is 22.9 Å². The second kappa shape index (κ2) is 5.38. The maximum absolute atomic E-state index is 12.2. The fourth-order valence-electron chi connectivity index (χ4n) is 2.13. The van der Waals surface area contributed by atoms with Crippen LogP contribution in [0.5, 0.6) is 5.75 Å². The first-order valence-electron chi connectivity index (χ1n) is 6.19. The molecule has 0 unspecified atom stereocenters. The molecule has 5 nitrogen and oxygen atoms in total. The molecule has 0 saturated heterocycles. The maximum Gasteiger partial charge on any atom is 0.265 e. The Labute approximate surface area is 129 Å². The second-order valence-electron chi connectivity index (χ2n) is 4.56. The van der Waals surface area contributed by atoms with Crippen molar-refractivity contribution < 1.29 is 14.3 Å². The molecule has 21 heavy (non-hydrogen) atoms. The van der Waals surface area contributed by atoms with Crippen LogP contribution in [0, 0.1) is 0 Å². The smallest absolute Gasteiger partial charge is 0.265 e. The van der Waals surface area contributed by atoms with Crippen LogP contribution in [0.1, 0.15) is 25.6 Å². The molecule has 0 aliphatic carbocycles. The summed E-state index contributed by atoms with van der Waals surface area (Å²) in [7, 11) is 0. The number of halogens is 1. The molecular formula is C14H11ClN2O3S. The highest BCUT2D eigenvalue weighted by Gasteiger charge is 2.20. The molecule has 3 N–H and O–H groups in total. The molecule has 108 valence electrons. The van der Waals surface area contributed by atoms with Gasteiger partial charge in [-0.25, -0.2) is 0 Å². The van der Waals surface area contributed by atoms with Gasteiger partial charge in [-0.15, -0.1) is 11.3 Å². The van der Waals surface area contributed by atoms with Crippen LogP contribution in [-0.2, 0) is 6.42 Å². The van der Waals surface area contributed by atoms with Crippen LogP contribution in [0.4, 0.5) is 5.69 Å². The molecule has 0 radical (unpaired) electrons. The molecule has 1 aliphatic heterocycles. The number of primary amides is 1. The summed E-state index contributed by atoms with van der Waals surface area (Å²) in [5.74, 6) is -0.232. The minimum Gasteiger partial charge on any atom is -0.491 e. The monoisotopic (exact) mass is 322 g/mol. The first-order chi connectivity index (χ1) is 10.0. The van der Waals surface area contributed by atoms with Crippen molar-refractivity contribution >= 4 is 40.4 Å². The lowest BCUT2D eigenvalue weighted by Crippen LogP contribution is -2.12. The van der Waals surface area contributed by atoms with E-state index in [0.29, 0.717) is 33.5 Å². The van der Waals surface area contributed by atoms with Gasteiger partial charge in [0.25, 0.3) is 5.91 Å². The lowest BCUT2D eigenvalue weighted by molar-refractivity contribution is 0.100. The maximum atomic E-state index is 12.2. The van der Waals surface area contributed by atoms with E-state index in [2.05, 4.69) is 5.32 Å². The van der Waals surface area contributed by atoms with E-state index in [1.165, 1.54) is 6.07 Å². The fourth-order valence-corrected chi connectivity index (χ4v) is 3.16. The number of hydrogen-bond acceptors (Lipinski definition) is 4. The Morgan fingerprint density at radius 1 is 1.33 bits per heavy atom. The highest BCUT2D eigenvalue weighted by atomic mass is 35.5. The predicted molar refractivity (Wildman–Crippen MR) is 81.4 cm³/mol. The van der Waals surface area contributed by atoms with Gasteiger partial charge in [-0.1, -0.05) is 11.6 Å². The summed E-state index contributed by atoms with van der Waals surface area (Å²) in [6.07, 6.45) is 0.767. The zero-order chi connectivity index (χ0) is 15.0. The average molecular weight is 323 g/mol. The largest absolute Gasteiger partial charge is 0.491 e. The van der Waals surface area contributed by atoms with E-state index in [1.807, 2.05) is 6.07 Å². The topological polar surface area (TPSA) is 81.4 Å². The van der Waals surface area contributed by atoms with Gasteiger partial charge in [0.2, 0.25) is 5.91 Å². The molecule has 1 aliphatic rings. The van der Waals surface area contributed by atoms with Gasteiger partial charge in [-0.05, 0) is 18.2 Å². The number of nitrogens with one attached hydrogen (secondary N) is 1. The van der Waals surface area contributed by atoms with Crippen molar-refractivity contribution in [2.24, 2.45) is 5.73 Å². The lowest BCUT2D eigenvalue weighted by Gasteiger charge is -2.09. The van der Waals surface area contributed by atoms with Gasteiger partial charge in [0, 0.05) is 22.4 Å². The van der Waals surface area contributed by atoms with E-state index in [1.54, 1.807) is 11.4 Å². The van der Waals surface area contributed by atoms with Crippen molar-refractivity contribution in [3.05, 3.63) is 44.6 Å². The number of carbonyl (C=O) groups is 2. The Kier molecular flexibility index (Phi) is 3.57. The molecule has 0 bridgehead atoms. The highest BCUT2D eigenvalue weighted by molar-refractivity contribution is 7.12. The van der Waals surface area contributed by atoms with E-state index in [9.17, 15) is 9.59 Å². The number of thiophene rings is 1. The van der Waals surface area contributed by atoms with Crippen molar-refractivity contribution in [2.45, 2.75) is 6.42 Å². The molecule has 0 saturated carbocycles. The van der Waals surface area contributed by atoms with Gasteiger partial charge >= 0.3 is 0 Å². The molecule has 0 atom stereocenters. The van der Waals surface area contributed by atoms with Gasteiger partial charge in [0.1, 0.15) is 5.75 Å². The van der Waals surface area contributed by atoms with Crippen LogP contribution in [0.15, 0.2) is 23.6 Å². The third-order valence-corrected chi connectivity index (χ3v) is 4.25. The van der Waals surface area contributed by atoms with Crippen LogP contribution in [0.25, 0.3) is 0 Å². The number of fused-ring (bicyclic) bond motifs is 1. The minimum atomic E-state index is -0.558. The normalized spacial score (nSPS) is 12.6. The number of nitrogens with two attached hydrogens (primary N) is 1. The molecule has 1 aromatic heterocycles. The summed E-state index contributed by atoms with van der Waals surface area (Å²) < 4.78 is 5.52. The van der Waals surface area contributed by atoms with Crippen LogP contribution in [-0.4, -0.2) is 18.4 Å². The Morgan fingerprint density at radius 3 is 2.86 bits per heavy atom. The summed E-state index contributed by atoms with van der Waals surface area (Å²) in [6.45, 7) is 0.573. The fraction of sp³-hybridized carbons (Fsp3) is 0.143. The Balaban J connectivity index is 1.86. The second-order valence-corrected chi connectivity index (χ2v) is 5.91. The van der Waals surface area contributed by atoms with Crippen LogP contribution < -0.4 is 15.8 Å². The van der Waals surface area contributed by atoms with E-state index in [-0.39, 0.29) is 5.91 Å². The van der Waals surface area contributed by atoms with Gasteiger partial charge in [0.05, 0.1) is 22.7 Å². The Bertz CT molecular complexity index is 742. The highest BCUT2D eigenvalue weighted by Crippen LogP contribution is 2.37. The SMILES string of the molecule is NC(=O)c1csc(C(=O)Nc2cc(Cl)cc3c2OCC3)c1. The summed E-state index contributed by atoms with van der Waals surface area (Å²) in [5.41, 5.74) is 7.00. The molecule has 3 rings (SSSR count). The summed E-state index contributed by atoms with van der Waals surface area (Å²) in [4.78, 5) is 23.7. The average Bonchev–Trinajstić information content (AvgIpc) is 3.06. The first-order valence-corrected chi connectivity index (χ1v) is 7.45. The van der Waals surface area contributed by atoms with Crippen molar-refractivity contribution in [3.8, 4) is 5.75 Å². The molecule has 7 heteroatoms. The number of anilines is 1. The third-order valence-electron chi connectivity index (χ3n) is 3.10. The zero-order valence-corrected chi connectivity index (χ0v) is 12.4. The van der Waals surface area contributed by atoms with Gasteiger partial charge in [-0.3, -0.25) is 9.59 Å². The number of hydrogen-bond donors (Lipinski definition) is 2. The summed E-state index contributed by atoms with van der Waals surface area (Å²) >= 11 is 7.19. The van der Waals surface area contributed by atoms with Crippen molar-refractivity contribution in [3.63, 3.8) is 0 Å². The van der Waals surface area contributed by atoms with Gasteiger partial charge in [0.15, 0.2) is 0 Å². The molecule has 2 aromatic rings. The number of rotatable bonds is 3. The van der Waals surface area contributed by atoms with Crippen LogP contribution in [0.3, 0.4) is 0 Å². The number of ether oxygens (including phenoxy) is 1. The predicted octanol–water partition coefficient (Wildman–Crippen LogP) is 2.69. The van der Waals surface area contributed by atoms with Gasteiger partial charge in [-0.2, -0.15) is 0 Å². The molecule has 1 aromatic carbocycles. The van der Waals surface area contributed by atoms with E-state index < -0.39 is 5.91 Å².